The van der Waals surface area contributed by atoms with Crippen molar-refractivity contribution in [1.82, 2.24) is 5.32 Å². The van der Waals surface area contributed by atoms with Gasteiger partial charge in [-0.1, -0.05) is 34.1 Å². The van der Waals surface area contributed by atoms with Gasteiger partial charge in [0, 0.05) is 17.1 Å². The predicted molar refractivity (Wildman–Crippen MR) is 71.8 cm³/mol. The molecule has 0 bridgehead atoms. The predicted octanol–water partition coefficient (Wildman–Crippen LogP) is 3.00. The summed E-state index contributed by atoms with van der Waals surface area (Å²) in [5.41, 5.74) is 1.31. The largest absolute Gasteiger partial charge is 0.377 e. The SMILES string of the molecule is CCOC(C)C(Cc1ccccc1Br)NC. The minimum absolute atomic E-state index is 0.224. The van der Waals surface area contributed by atoms with Crippen LogP contribution in [0.5, 0.6) is 0 Å². The second-order valence-electron chi connectivity index (χ2n) is 3.85. The number of nitrogens with one attached hydrogen (secondary N) is 1. The van der Waals surface area contributed by atoms with Crippen molar-refractivity contribution in [3.63, 3.8) is 0 Å². The molecule has 0 radical (unpaired) electrons. The molecule has 2 atom stereocenters. The standard InChI is InChI=1S/C13H20BrNO/c1-4-16-10(2)13(15-3)9-11-7-5-6-8-12(11)14/h5-8,10,13,15H,4,9H2,1-3H3. The molecule has 1 rings (SSSR count). The summed E-state index contributed by atoms with van der Waals surface area (Å²) in [6, 6.07) is 8.67. The van der Waals surface area contributed by atoms with Crippen LogP contribution in [-0.4, -0.2) is 25.8 Å². The molecule has 16 heavy (non-hydrogen) atoms. The summed E-state index contributed by atoms with van der Waals surface area (Å²) >= 11 is 3.57. The van der Waals surface area contributed by atoms with Crippen LogP contribution in [0.25, 0.3) is 0 Å². The van der Waals surface area contributed by atoms with Crippen molar-refractivity contribution in [1.29, 1.82) is 0 Å². The summed E-state index contributed by atoms with van der Waals surface area (Å²) in [6.07, 6.45) is 1.20. The smallest absolute Gasteiger partial charge is 0.0702 e. The molecule has 2 unspecified atom stereocenters. The molecule has 1 N–H and O–H groups in total. The molecule has 0 aliphatic carbocycles. The number of ether oxygens (including phenoxy) is 1. The summed E-state index contributed by atoms with van der Waals surface area (Å²) in [5, 5.41) is 3.32. The third-order valence-corrected chi connectivity index (χ3v) is 3.54. The third kappa shape index (κ3) is 3.89. The van der Waals surface area contributed by atoms with E-state index in [0.29, 0.717) is 6.04 Å². The molecular formula is C13H20BrNO. The van der Waals surface area contributed by atoms with Crippen LogP contribution in [0.3, 0.4) is 0 Å². The van der Waals surface area contributed by atoms with Gasteiger partial charge in [0.1, 0.15) is 0 Å². The Hall–Kier alpha value is -0.380. The molecule has 0 amide bonds. The van der Waals surface area contributed by atoms with Crippen LogP contribution in [-0.2, 0) is 11.2 Å². The molecular weight excluding hydrogens is 266 g/mol. The van der Waals surface area contributed by atoms with Gasteiger partial charge in [-0.15, -0.1) is 0 Å². The van der Waals surface area contributed by atoms with Crippen LogP contribution in [0.4, 0.5) is 0 Å². The summed E-state index contributed by atoms with van der Waals surface area (Å²) in [6.45, 7) is 4.90. The Kier molecular flexibility index (Phi) is 6.03. The topological polar surface area (TPSA) is 21.3 Å². The molecule has 0 aromatic heterocycles. The summed E-state index contributed by atoms with van der Waals surface area (Å²) in [7, 11) is 1.98. The summed E-state index contributed by atoms with van der Waals surface area (Å²) < 4.78 is 6.79. The lowest BCUT2D eigenvalue weighted by Crippen LogP contribution is -2.39. The van der Waals surface area contributed by atoms with E-state index in [0.717, 1.165) is 13.0 Å². The van der Waals surface area contributed by atoms with Gasteiger partial charge in [-0.05, 0) is 38.9 Å². The van der Waals surface area contributed by atoms with E-state index in [1.807, 2.05) is 20.0 Å². The highest BCUT2D eigenvalue weighted by Gasteiger charge is 2.16. The Labute approximate surface area is 107 Å². The average molecular weight is 286 g/mol. The van der Waals surface area contributed by atoms with Gasteiger partial charge in [0.2, 0.25) is 0 Å². The quantitative estimate of drug-likeness (QED) is 0.868. The van der Waals surface area contributed by atoms with Crippen molar-refractivity contribution >= 4 is 15.9 Å². The Bertz CT molecular complexity index is 317. The Morgan fingerprint density at radius 3 is 2.62 bits per heavy atom. The number of rotatable bonds is 6. The van der Waals surface area contributed by atoms with Crippen LogP contribution in [0.2, 0.25) is 0 Å². The first-order chi connectivity index (χ1) is 7.69. The maximum absolute atomic E-state index is 5.63. The lowest BCUT2D eigenvalue weighted by molar-refractivity contribution is 0.0496. The van der Waals surface area contributed by atoms with E-state index in [2.05, 4.69) is 46.4 Å². The zero-order chi connectivity index (χ0) is 12.0. The first kappa shape index (κ1) is 13.7. The number of likely N-dealkylation sites (N-methyl/N-ethyl adjacent to an activating group) is 1. The Morgan fingerprint density at radius 2 is 2.06 bits per heavy atom. The van der Waals surface area contributed by atoms with E-state index in [1.54, 1.807) is 0 Å². The van der Waals surface area contributed by atoms with Crippen LogP contribution < -0.4 is 5.32 Å². The highest BCUT2D eigenvalue weighted by Crippen LogP contribution is 2.18. The molecule has 0 spiro atoms. The zero-order valence-electron chi connectivity index (χ0n) is 10.2. The number of hydrogen-bond donors (Lipinski definition) is 1. The Balaban J connectivity index is 2.66. The molecule has 0 heterocycles. The average Bonchev–Trinajstić information content (AvgIpc) is 2.28. The van der Waals surface area contributed by atoms with Gasteiger partial charge < -0.3 is 10.1 Å². The fourth-order valence-electron chi connectivity index (χ4n) is 1.78. The van der Waals surface area contributed by atoms with Crippen molar-refractivity contribution in [2.45, 2.75) is 32.4 Å². The maximum atomic E-state index is 5.63. The maximum Gasteiger partial charge on any atom is 0.0702 e. The lowest BCUT2D eigenvalue weighted by atomic mass is 10.0. The molecule has 0 aliphatic rings. The highest BCUT2D eigenvalue weighted by molar-refractivity contribution is 9.10. The van der Waals surface area contributed by atoms with E-state index >= 15 is 0 Å². The van der Waals surface area contributed by atoms with E-state index in [9.17, 15) is 0 Å². The molecule has 3 heteroatoms. The second-order valence-corrected chi connectivity index (χ2v) is 4.71. The highest BCUT2D eigenvalue weighted by atomic mass is 79.9. The Morgan fingerprint density at radius 1 is 1.38 bits per heavy atom. The summed E-state index contributed by atoms with van der Waals surface area (Å²) in [5.74, 6) is 0. The van der Waals surface area contributed by atoms with Gasteiger partial charge in [-0.25, -0.2) is 0 Å². The fourth-order valence-corrected chi connectivity index (χ4v) is 2.23. The fraction of sp³-hybridized carbons (Fsp3) is 0.538. The van der Waals surface area contributed by atoms with Crippen LogP contribution in [0.1, 0.15) is 19.4 Å². The van der Waals surface area contributed by atoms with Crippen LogP contribution in [0, 0.1) is 0 Å². The molecule has 90 valence electrons. The minimum atomic E-state index is 0.224. The van der Waals surface area contributed by atoms with E-state index in [4.69, 9.17) is 4.74 Å². The first-order valence-corrected chi connectivity index (χ1v) is 6.50. The molecule has 1 aromatic rings. The summed E-state index contributed by atoms with van der Waals surface area (Å²) in [4.78, 5) is 0. The van der Waals surface area contributed by atoms with Crippen molar-refractivity contribution in [2.75, 3.05) is 13.7 Å². The third-order valence-electron chi connectivity index (χ3n) is 2.76. The molecule has 0 aliphatic heterocycles. The van der Waals surface area contributed by atoms with Crippen LogP contribution in [0.15, 0.2) is 28.7 Å². The van der Waals surface area contributed by atoms with Crippen molar-refractivity contribution in [3.05, 3.63) is 34.3 Å². The molecule has 0 fully saturated rings. The van der Waals surface area contributed by atoms with Crippen molar-refractivity contribution in [2.24, 2.45) is 0 Å². The van der Waals surface area contributed by atoms with Crippen molar-refractivity contribution < 1.29 is 4.74 Å². The van der Waals surface area contributed by atoms with Gasteiger partial charge in [0.05, 0.1) is 6.10 Å². The zero-order valence-corrected chi connectivity index (χ0v) is 11.8. The number of halogens is 1. The molecule has 0 saturated carbocycles. The van der Waals surface area contributed by atoms with Gasteiger partial charge in [0.15, 0.2) is 0 Å². The van der Waals surface area contributed by atoms with E-state index in [1.165, 1.54) is 10.0 Å². The molecule has 0 saturated heterocycles. The van der Waals surface area contributed by atoms with Gasteiger partial charge in [-0.2, -0.15) is 0 Å². The van der Waals surface area contributed by atoms with Gasteiger partial charge in [-0.3, -0.25) is 0 Å². The first-order valence-electron chi connectivity index (χ1n) is 5.71. The van der Waals surface area contributed by atoms with Gasteiger partial charge >= 0.3 is 0 Å². The minimum Gasteiger partial charge on any atom is -0.377 e. The van der Waals surface area contributed by atoms with E-state index < -0.39 is 0 Å². The van der Waals surface area contributed by atoms with Crippen LogP contribution >= 0.6 is 15.9 Å². The normalized spacial score (nSPS) is 14.8. The monoisotopic (exact) mass is 285 g/mol. The van der Waals surface area contributed by atoms with E-state index in [-0.39, 0.29) is 6.10 Å². The van der Waals surface area contributed by atoms with Gasteiger partial charge in [0.25, 0.3) is 0 Å². The number of benzene rings is 1. The second kappa shape index (κ2) is 7.05. The lowest BCUT2D eigenvalue weighted by Gasteiger charge is -2.24. The number of hydrogen-bond acceptors (Lipinski definition) is 2. The van der Waals surface area contributed by atoms with Crippen molar-refractivity contribution in [3.8, 4) is 0 Å². The molecule has 2 nitrogen and oxygen atoms in total. The molecule has 1 aromatic carbocycles.